The van der Waals surface area contributed by atoms with E-state index in [1.54, 1.807) is 6.07 Å². The molecule has 156 valence electrons. The number of aromatic nitrogens is 2. The number of carbonyl (C=O) groups is 1. The molecule has 2 heterocycles. The molecule has 8 heteroatoms. The van der Waals surface area contributed by atoms with E-state index in [2.05, 4.69) is 20.4 Å². The predicted octanol–water partition coefficient (Wildman–Crippen LogP) is 4.57. The van der Waals surface area contributed by atoms with Gasteiger partial charge < -0.3 is 9.84 Å². The first-order valence-electron chi connectivity index (χ1n) is 9.91. The minimum absolute atomic E-state index is 0.0153. The molecule has 1 N–H and O–H groups in total. The van der Waals surface area contributed by atoms with Gasteiger partial charge in [0.05, 0.1) is 11.6 Å². The molecule has 2 aromatic carbocycles. The fourth-order valence-corrected chi connectivity index (χ4v) is 4.02. The summed E-state index contributed by atoms with van der Waals surface area (Å²) in [5, 5.41) is 8.21. The smallest absolute Gasteiger partial charge is 0.246 e. The summed E-state index contributed by atoms with van der Waals surface area (Å²) >= 11 is 12.4. The van der Waals surface area contributed by atoms with E-state index in [1.165, 1.54) is 0 Å². The number of carbonyl (C=O) groups excluding carboxylic acids is 1. The molecule has 4 rings (SSSR count). The van der Waals surface area contributed by atoms with E-state index in [4.69, 9.17) is 27.7 Å². The number of likely N-dealkylation sites (tertiary alicyclic amines) is 1. The minimum atomic E-state index is -0.0153. The van der Waals surface area contributed by atoms with Gasteiger partial charge in [-0.25, -0.2) is 0 Å². The molecule has 0 radical (unpaired) electrons. The Morgan fingerprint density at radius 1 is 1.07 bits per heavy atom. The van der Waals surface area contributed by atoms with Crippen LogP contribution >= 0.6 is 23.2 Å². The van der Waals surface area contributed by atoms with Gasteiger partial charge in [0, 0.05) is 23.0 Å². The quantitative estimate of drug-likeness (QED) is 0.602. The zero-order valence-electron chi connectivity index (χ0n) is 16.4. The summed E-state index contributed by atoms with van der Waals surface area (Å²) in [6.45, 7) is 2.73. The Bertz CT molecular complexity index is 1020. The molecule has 0 saturated carbocycles. The monoisotopic (exact) mass is 444 g/mol. The number of hydrogen-bond donors (Lipinski definition) is 1. The highest BCUT2D eigenvalue weighted by molar-refractivity contribution is 6.33. The average Bonchev–Trinajstić information content (AvgIpc) is 3.23. The van der Waals surface area contributed by atoms with Gasteiger partial charge in [0.15, 0.2) is 0 Å². The summed E-state index contributed by atoms with van der Waals surface area (Å²) in [6, 6.07) is 15.2. The summed E-state index contributed by atoms with van der Waals surface area (Å²) in [5.74, 6) is 0.774. The zero-order valence-corrected chi connectivity index (χ0v) is 17.9. The Kier molecular flexibility index (Phi) is 6.67. The predicted molar refractivity (Wildman–Crippen MR) is 116 cm³/mol. The lowest BCUT2D eigenvalue weighted by atomic mass is 9.95. The van der Waals surface area contributed by atoms with Gasteiger partial charge in [-0.3, -0.25) is 9.69 Å². The lowest BCUT2D eigenvalue weighted by Crippen LogP contribution is -2.40. The third-order valence-electron chi connectivity index (χ3n) is 5.31. The zero-order chi connectivity index (χ0) is 20.9. The maximum atomic E-state index is 12.6. The van der Waals surface area contributed by atoms with Crippen LogP contribution in [-0.2, 0) is 17.9 Å². The van der Waals surface area contributed by atoms with E-state index in [0.717, 1.165) is 43.1 Å². The number of rotatable bonds is 6. The first-order valence-corrected chi connectivity index (χ1v) is 10.7. The summed E-state index contributed by atoms with van der Waals surface area (Å²) in [7, 11) is 0. The van der Waals surface area contributed by atoms with E-state index in [9.17, 15) is 4.79 Å². The SMILES string of the molecule is O=C(NCc1nc(-c2ccccc2Cl)no1)C1CCN(Cc2ccccc2Cl)CC1. The van der Waals surface area contributed by atoms with E-state index in [1.807, 2.05) is 42.5 Å². The Labute approximate surface area is 185 Å². The molecule has 0 bridgehead atoms. The molecule has 0 unspecified atom stereocenters. The molecule has 1 aliphatic heterocycles. The molecular formula is C22H22Cl2N4O2. The number of nitrogens with zero attached hydrogens (tertiary/aromatic N) is 3. The highest BCUT2D eigenvalue weighted by atomic mass is 35.5. The van der Waals surface area contributed by atoms with Crippen LogP contribution in [0.2, 0.25) is 10.0 Å². The maximum Gasteiger partial charge on any atom is 0.246 e. The molecule has 3 aromatic rings. The largest absolute Gasteiger partial charge is 0.347 e. The lowest BCUT2D eigenvalue weighted by molar-refractivity contribution is -0.126. The van der Waals surface area contributed by atoms with Gasteiger partial charge in [-0.15, -0.1) is 0 Å². The van der Waals surface area contributed by atoms with Crippen molar-refractivity contribution in [3.63, 3.8) is 0 Å². The van der Waals surface area contributed by atoms with Crippen molar-refractivity contribution in [3.8, 4) is 11.4 Å². The van der Waals surface area contributed by atoms with Crippen LogP contribution in [0.4, 0.5) is 0 Å². The highest BCUT2D eigenvalue weighted by Crippen LogP contribution is 2.25. The summed E-state index contributed by atoms with van der Waals surface area (Å²) in [4.78, 5) is 19.2. The summed E-state index contributed by atoms with van der Waals surface area (Å²) < 4.78 is 5.25. The van der Waals surface area contributed by atoms with Gasteiger partial charge >= 0.3 is 0 Å². The van der Waals surface area contributed by atoms with Crippen LogP contribution in [0, 0.1) is 5.92 Å². The Hall–Kier alpha value is -2.41. The number of piperidine rings is 1. The normalized spacial score (nSPS) is 15.3. The van der Waals surface area contributed by atoms with E-state index < -0.39 is 0 Å². The standard InChI is InChI=1S/C22H22Cl2N4O2/c23-18-7-3-1-5-16(18)14-28-11-9-15(10-12-28)22(29)25-13-20-26-21(27-30-20)17-6-2-4-8-19(17)24/h1-8,15H,9-14H2,(H,25,29). The fraction of sp³-hybridized carbons (Fsp3) is 0.318. The molecule has 1 saturated heterocycles. The van der Waals surface area contributed by atoms with Crippen molar-refractivity contribution >= 4 is 29.1 Å². The van der Waals surface area contributed by atoms with E-state index in [0.29, 0.717) is 22.3 Å². The molecule has 0 atom stereocenters. The third-order valence-corrected chi connectivity index (χ3v) is 6.01. The maximum absolute atomic E-state index is 12.6. The van der Waals surface area contributed by atoms with Crippen molar-refractivity contribution in [3.05, 3.63) is 70.0 Å². The number of nitrogens with one attached hydrogen (secondary N) is 1. The molecule has 6 nitrogen and oxygen atoms in total. The van der Waals surface area contributed by atoms with Crippen LogP contribution in [0.1, 0.15) is 24.3 Å². The molecule has 30 heavy (non-hydrogen) atoms. The summed E-state index contributed by atoms with van der Waals surface area (Å²) in [5.41, 5.74) is 1.82. The van der Waals surface area contributed by atoms with Crippen LogP contribution in [0.15, 0.2) is 53.1 Å². The van der Waals surface area contributed by atoms with Crippen molar-refractivity contribution in [2.75, 3.05) is 13.1 Å². The second-order valence-corrected chi connectivity index (χ2v) is 8.17. The fourth-order valence-electron chi connectivity index (χ4n) is 3.61. The second-order valence-electron chi connectivity index (χ2n) is 7.35. The van der Waals surface area contributed by atoms with Crippen molar-refractivity contribution in [2.24, 2.45) is 5.92 Å². The first-order chi connectivity index (χ1) is 14.6. The highest BCUT2D eigenvalue weighted by Gasteiger charge is 2.25. The Balaban J connectivity index is 1.26. The van der Waals surface area contributed by atoms with Crippen LogP contribution in [0.5, 0.6) is 0 Å². The first kappa shape index (κ1) is 20.8. The van der Waals surface area contributed by atoms with Crippen LogP contribution in [-0.4, -0.2) is 34.0 Å². The Morgan fingerprint density at radius 2 is 1.77 bits per heavy atom. The number of amides is 1. The number of hydrogen-bond acceptors (Lipinski definition) is 5. The van der Waals surface area contributed by atoms with Gasteiger partial charge in [0.1, 0.15) is 0 Å². The van der Waals surface area contributed by atoms with E-state index >= 15 is 0 Å². The average molecular weight is 445 g/mol. The summed E-state index contributed by atoms with van der Waals surface area (Å²) in [6.07, 6.45) is 1.62. The van der Waals surface area contributed by atoms with Gasteiger partial charge in [-0.05, 0) is 49.7 Å². The van der Waals surface area contributed by atoms with Gasteiger partial charge in [-0.1, -0.05) is 58.7 Å². The molecule has 1 fully saturated rings. The van der Waals surface area contributed by atoms with E-state index in [-0.39, 0.29) is 18.4 Å². The number of benzene rings is 2. The van der Waals surface area contributed by atoms with Gasteiger partial charge in [0.2, 0.25) is 17.6 Å². The van der Waals surface area contributed by atoms with Gasteiger partial charge in [-0.2, -0.15) is 4.98 Å². The lowest BCUT2D eigenvalue weighted by Gasteiger charge is -2.31. The molecule has 0 spiro atoms. The van der Waals surface area contributed by atoms with Crippen LogP contribution < -0.4 is 5.32 Å². The molecule has 1 aromatic heterocycles. The third kappa shape index (κ3) is 5.01. The van der Waals surface area contributed by atoms with Crippen LogP contribution in [0.25, 0.3) is 11.4 Å². The molecule has 1 aliphatic rings. The van der Waals surface area contributed by atoms with Crippen molar-refractivity contribution in [2.45, 2.75) is 25.9 Å². The Morgan fingerprint density at radius 3 is 2.50 bits per heavy atom. The molecule has 0 aliphatic carbocycles. The topological polar surface area (TPSA) is 71.3 Å². The molecular weight excluding hydrogens is 423 g/mol. The van der Waals surface area contributed by atoms with Crippen molar-refractivity contribution in [1.29, 1.82) is 0 Å². The van der Waals surface area contributed by atoms with Crippen molar-refractivity contribution < 1.29 is 9.32 Å². The molecule has 1 amide bonds. The van der Waals surface area contributed by atoms with Gasteiger partial charge in [0.25, 0.3) is 0 Å². The number of halogens is 2. The minimum Gasteiger partial charge on any atom is -0.347 e. The van der Waals surface area contributed by atoms with Crippen molar-refractivity contribution in [1.82, 2.24) is 20.4 Å². The van der Waals surface area contributed by atoms with Crippen LogP contribution in [0.3, 0.4) is 0 Å². The second kappa shape index (κ2) is 9.60.